The maximum absolute atomic E-state index is 13.4. The highest BCUT2D eigenvalue weighted by atomic mass is 19.3. The van der Waals surface area contributed by atoms with Gasteiger partial charge in [0.05, 0.1) is 11.0 Å². The third kappa shape index (κ3) is 2.86. The van der Waals surface area contributed by atoms with E-state index in [0.29, 0.717) is 11.0 Å². The van der Waals surface area contributed by atoms with Gasteiger partial charge in [0.2, 0.25) is 0 Å². The Labute approximate surface area is 136 Å². The van der Waals surface area contributed by atoms with Crippen molar-refractivity contribution >= 4 is 17.0 Å². The van der Waals surface area contributed by atoms with Crippen LogP contribution >= 0.6 is 0 Å². The summed E-state index contributed by atoms with van der Waals surface area (Å²) in [5, 5.41) is 3.97. The number of nitrogens with zero attached hydrogens (tertiary/aromatic N) is 4. The second-order valence-corrected chi connectivity index (χ2v) is 5.35. The van der Waals surface area contributed by atoms with Crippen molar-refractivity contribution in [1.82, 2.24) is 19.3 Å². The van der Waals surface area contributed by atoms with Gasteiger partial charge in [0.15, 0.2) is 11.9 Å². The molecule has 3 aromatic rings. The molecule has 24 heavy (non-hydrogen) atoms. The van der Waals surface area contributed by atoms with Crippen molar-refractivity contribution in [3.63, 3.8) is 0 Å². The summed E-state index contributed by atoms with van der Waals surface area (Å²) < 4.78 is 34.4. The molecular weight excluding hydrogens is 318 g/mol. The van der Waals surface area contributed by atoms with E-state index in [1.54, 1.807) is 49.6 Å². The predicted octanol–water partition coefficient (Wildman–Crippen LogP) is 3.49. The fraction of sp³-hybridized carbons (Fsp3) is 0.312. The lowest BCUT2D eigenvalue weighted by Gasteiger charge is -2.18. The van der Waals surface area contributed by atoms with Crippen LogP contribution in [-0.4, -0.2) is 25.3 Å². The summed E-state index contributed by atoms with van der Waals surface area (Å²) in [6.45, 7) is 0.364. The Morgan fingerprint density at radius 1 is 1.21 bits per heavy atom. The third-order valence-corrected chi connectivity index (χ3v) is 3.74. The van der Waals surface area contributed by atoms with Crippen molar-refractivity contribution in [2.75, 3.05) is 0 Å². The molecule has 0 bridgehead atoms. The number of esters is 1. The Bertz CT molecular complexity index is 845. The molecule has 0 aliphatic rings. The number of benzene rings is 1. The van der Waals surface area contributed by atoms with Crippen LogP contribution in [0.25, 0.3) is 11.0 Å². The number of halogens is 2. The molecule has 0 N–H and O–H groups in total. The molecule has 0 saturated carbocycles. The summed E-state index contributed by atoms with van der Waals surface area (Å²) in [4.78, 5) is 16.4. The quantitative estimate of drug-likeness (QED) is 0.670. The fourth-order valence-electron chi connectivity index (χ4n) is 2.50. The summed E-state index contributed by atoms with van der Waals surface area (Å²) in [5.41, 5.74) is 0.723. The third-order valence-electron chi connectivity index (χ3n) is 3.74. The van der Waals surface area contributed by atoms with Crippen molar-refractivity contribution in [1.29, 1.82) is 0 Å². The number of imidazole rings is 1. The minimum atomic E-state index is -2.78. The zero-order valence-corrected chi connectivity index (χ0v) is 13.1. The highest BCUT2D eigenvalue weighted by Crippen LogP contribution is 2.28. The van der Waals surface area contributed by atoms with Gasteiger partial charge < -0.3 is 4.74 Å². The first-order valence-corrected chi connectivity index (χ1v) is 7.43. The smallest absolute Gasteiger partial charge is 0.331 e. The number of carbonyl (C=O) groups excluding carboxylic acids is 1. The molecule has 126 valence electrons. The number of fused-ring (bicyclic) bond motifs is 1. The van der Waals surface area contributed by atoms with Crippen LogP contribution in [0.2, 0.25) is 0 Å². The summed E-state index contributed by atoms with van der Waals surface area (Å²) in [6.07, 6.45) is 2.26. The van der Waals surface area contributed by atoms with E-state index in [-0.39, 0.29) is 5.82 Å². The van der Waals surface area contributed by atoms with Crippen molar-refractivity contribution in [3.8, 4) is 0 Å². The number of hydrogen-bond acceptors (Lipinski definition) is 4. The lowest BCUT2D eigenvalue weighted by Crippen LogP contribution is -2.22. The van der Waals surface area contributed by atoms with E-state index in [4.69, 9.17) is 4.74 Å². The Balaban J connectivity index is 1.87. The molecule has 0 aliphatic carbocycles. The highest BCUT2D eigenvalue weighted by molar-refractivity contribution is 5.76. The largest absolute Gasteiger partial charge is 0.453 e. The number of ether oxygens (including phenoxy) is 1. The average molecular weight is 334 g/mol. The molecule has 1 aromatic carbocycles. The first-order valence-electron chi connectivity index (χ1n) is 7.43. The van der Waals surface area contributed by atoms with Crippen molar-refractivity contribution in [2.45, 2.75) is 32.5 Å². The molecule has 0 aliphatic heterocycles. The van der Waals surface area contributed by atoms with Crippen LogP contribution in [0.15, 0.2) is 42.7 Å². The Morgan fingerprint density at radius 2 is 1.96 bits per heavy atom. The normalized spacial score (nSPS) is 14.0. The Kier molecular flexibility index (Phi) is 4.28. The molecule has 2 atom stereocenters. The number of hydrogen-bond donors (Lipinski definition) is 0. The molecule has 0 fully saturated rings. The topological polar surface area (TPSA) is 61.9 Å². The van der Waals surface area contributed by atoms with Crippen molar-refractivity contribution < 1.29 is 18.3 Å². The van der Waals surface area contributed by atoms with E-state index in [1.165, 1.54) is 11.6 Å². The minimum Gasteiger partial charge on any atom is -0.453 e. The van der Waals surface area contributed by atoms with Gasteiger partial charge >= 0.3 is 12.5 Å². The van der Waals surface area contributed by atoms with Gasteiger partial charge in [-0.15, -0.1) is 0 Å². The molecule has 0 amide bonds. The molecule has 0 radical (unpaired) electrons. The SMILES string of the molecule is CC(OC(=O)C(C)n1cccn1)c1nc2ccccc2n1C(F)F. The predicted molar refractivity (Wildman–Crippen MR) is 82.4 cm³/mol. The van der Waals surface area contributed by atoms with Crippen molar-refractivity contribution in [3.05, 3.63) is 48.5 Å². The maximum Gasteiger partial charge on any atom is 0.331 e. The van der Waals surface area contributed by atoms with Crippen LogP contribution in [0.5, 0.6) is 0 Å². The van der Waals surface area contributed by atoms with E-state index in [0.717, 1.165) is 4.57 Å². The van der Waals surface area contributed by atoms with Crippen LogP contribution in [0.1, 0.15) is 38.4 Å². The van der Waals surface area contributed by atoms with Gasteiger partial charge in [0.25, 0.3) is 0 Å². The van der Waals surface area contributed by atoms with E-state index in [2.05, 4.69) is 10.1 Å². The van der Waals surface area contributed by atoms with E-state index < -0.39 is 24.7 Å². The molecule has 0 saturated heterocycles. The van der Waals surface area contributed by atoms with Gasteiger partial charge in [-0.2, -0.15) is 13.9 Å². The standard InChI is InChI=1S/C16H16F2N4O2/c1-10(21-9-5-8-19-21)15(23)24-11(2)14-20-12-6-3-4-7-13(12)22(14)16(17)18/h3-11,16H,1-2H3. The van der Waals surface area contributed by atoms with Gasteiger partial charge in [-0.3, -0.25) is 9.25 Å². The summed E-state index contributed by atoms with van der Waals surface area (Å²) >= 11 is 0. The molecule has 2 aromatic heterocycles. The van der Waals surface area contributed by atoms with Crippen LogP contribution in [0.3, 0.4) is 0 Å². The van der Waals surface area contributed by atoms with Crippen molar-refractivity contribution in [2.24, 2.45) is 0 Å². The zero-order valence-electron chi connectivity index (χ0n) is 13.1. The molecule has 8 heteroatoms. The van der Waals surface area contributed by atoms with Gasteiger partial charge in [0.1, 0.15) is 6.04 Å². The van der Waals surface area contributed by atoms with E-state index in [1.807, 2.05) is 0 Å². The van der Waals surface area contributed by atoms with Gasteiger partial charge in [-0.1, -0.05) is 12.1 Å². The molecule has 2 heterocycles. The second kappa shape index (κ2) is 6.38. The van der Waals surface area contributed by atoms with Crippen LogP contribution in [0, 0.1) is 0 Å². The molecule has 6 nitrogen and oxygen atoms in total. The van der Waals surface area contributed by atoms with Crippen LogP contribution < -0.4 is 0 Å². The first kappa shape index (κ1) is 16.1. The highest BCUT2D eigenvalue weighted by Gasteiger charge is 2.26. The summed E-state index contributed by atoms with van der Waals surface area (Å²) in [6, 6.07) is 7.59. The molecule has 2 unspecified atom stereocenters. The van der Waals surface area contributed by atoms with Gasteiger partial charge in [0, 0.05) is 12.4 Å². The Morgan fingerprint density at radius 3 is 2.62 bits per heavy atom. The molecule has 3 rings (SSSR count). The number of alkyl halides is 2. The second-order valence-electron chi connectivity index (χ2n) is 5.35. The number of carbonyl (C=O) groups is 1. The summed E-state index contributed by atoms with van der Waals surface area (Å²) in [5.74, 6) is -0.564. The lowest BCUT2D eigenvalue weighted by molar-refractivity contribution is -0.153. The van der Waals surface area contributed by atoms with Gasteiger partial charge in [-0.25, -0.2) is 9.78 Å². The fourth-order valence-corrected chi connectivity index (χ4v) is 2.50. The molecular formula is C16H16F2N4O2. The van der Waals surface area contributed by atoms with Crippen LogP contribution in [0.4, 0.5) is 8.78 Å². The van der Waals surface area contributed by atoms with Gasteiger partial charge in [-0.05, 0) is 32.0 Å². The average Bonchev–Trinajstić information content (AvgIpc) is 3.21. The van der Waals surface area contributed by atoms with Crippen LogP contribution in [-0.2, 0) is 9.53 Å². The first-order chi connectivity index (χ1) is 11.5. The number of aromatic nitrogens is 4. The maximum atomic E-state index is 13.4. The lowest BCUT2D eigenvalue weighted by atomic mass is 10.3. The number of rotatable bonds is 5. The minimum absolute atomic E-state index is 0.00668. The van der Waals surface area contributed by atoms with E-state index >= 15 is 0 Å². The van der Waals surface area contributed by atoms with E-state index in [9.17, 15) is 13.6 Å². The zero-order chi connectivity index (χ0) is 17.3. The Hall–Kier alpha value is -2.77. The number of para-hydroxylation sites is 2. The molecule has 0 spiro atoms. The monoisotopic (exact) mass is 334 g/mol. The summed E-state index contributed by atoms with van der Waals surface area (Å²) in [7, 11) is 0.